The van der Waals surface area contributed by atoms with Crippen LogP contribution in [0.5, 0.6) is 0 Å². The molecule has 2 rings (SSSR count). The molecular formula is C8H7O4P. The molecule has 0 saturated heterocycles. The monoisotopic (exact) mass is 198 g/mol. The summed E-state index contributed by atoms with van der Waals surface area (Å²) in [5.74, 6) is 0.254. The number of phosphoric ester groups is 1. The Balaban J connectivity index is 2.22. The summed E-state index contributed by atoms with van der Waals surface area (Å²) in [4.78, 5) is 17.1. The summed E-state index contributed by atoms with van der Waals surface area (Å²) in [7, 11) is -4.41. The molecule has 0 aliphatic heterocycles. The van der Waals surface area contributed by atoms with Gasteiger partial charge in [-0.05, 0) is 11.6 Å². The summed E-state index contributed by atoms with van der Waals surface area (Å²) in [6.45, 7) is 0. The van der Waals surface area contributed by atoms with Gasteiger partial charge in [0.15, 0.2) is 0 Å². The van der Waals surface area contributed by atoms with Gasteiger partial charge in [0, 0.05) is 5.56 Å². The number of rotatable bonds is 2. The second-order valence-corrected chi connectivity index (χ2v) is 3.84. The van der Waals surface area contributed by atoms with Crippen LogP contribution in [-0.2, 0) is 9.09 Å². The molecule has 0 aromatic heterocycles. The molecule has 0 atom stereocenters. The first-order valence-corrected chi connectivity index (χ1v) is 5.15. The van der Waals surface area contributed by atoms with E-state index in [4.69, 9.17) is 9.79 Å². The van der Waals surface area contributed by atoms with E-state index in [1.807, 2.05) is 12.1 Å². The Morgan fingerprint density at radius 2 is 1.92 bits per heavy atom. The molecule has 1 aromatic carbocycles. The van der Waals surface area contributed by atoms with Crippen LogP contribution in [0.4, 0.5) is 0 Å². The lowest BCUT2D eigenvalue weighted by Gasteiger charge is -2.19. The number of fused-ring (bicyclic) bond motifs is 1. The third-order valence-electron chi connectivity index (χ3n) is 1.73. The summed E-state index contributed by atoms with van der Waals surface area (Å²) >= 11 is 0. The largest absolute Gasteiger partial charge is 0.524 e. The number of phosphoric acid groups is 1. The van der Waals surface area contributed by atoms with Gasteiger partial charge in [0.25, 0.3) is 0 Å². The lowest BCUT2D eigenvalue weighted by molar-refractivity contribution is 0.269. The number of hydrogen-bond donors (Lipinski definition) is 2. The molecule has 1 aliphatic carbocycles. The van der Waals surface area contributed by atoms with Crippen molar-refractivity contribution in [3.63, 3.8) is 0 Å². The molecule has 4 nitrogen and oxygen atoms in total. The third kappa shape index (κ3) is 1.65. The minimum atomic E-state index is -4.41. The van der Waals surface area contributed by atoms with Crippen LogP contribution < -0.4 is 0 Å². The zero-order valence-corrected chi connectivity index (χ0v) is 7.44. The van der Waals surface area contributed by atoms with Crippen LogP contribution in [-0.4, -0.2) is 9.79 Å². The lowest BCUT2D eigenvalue weighted by atomic mass is 9.96. The predicted octanol–water partition coefficient (Wildman–Crippen LogP) is 1.61. The van der Waals surface area contributed by atoms with Gasteiger partial charge >= 0.3 is 7.82 Å². The van der Waals surface area contributed by atoms with Crippen molar-refractivity contribution in [1.29, 1.82) is 0 Å². The van der Waals surface area contributed by atoms with Crippen LogP contribution in [0.1, 0.15) is 11.1 Å². The van der Waals surface area contributed by atoms with Gasteiger partial charge in [-0.15, -0.1) is 0 Å². The highest BCUT2D eigenvalue weighted by Crippen LogP contribution is 2.46. The van der Waals surface area contributed by atoms with Crippen molar-refractivity contribution in [3.05, 3.63) is 35.4 Å². The number of benzene rings is 1. The Morgan fingerprint density at radius 1 is 1.23 bits per heavy atom. The third-order valence-corrected chi connectivity index (χ3v) is 2.16. The topological polar surface area (TPSA) is 66.8 Å². The molecule has 0 heterocycles. The zero-order chi connectivity index (χ0) is 9.47. The summed E-state index contributed by atoms with van der Waals surface area (Å²) < 4.78 is 14.9. The van der Waals surface area contributed by atoms with Gasteiger partial charge in [0.1, 0.15) is 5.76 Å². The summed E-state index contributed by atoms with van der Waals surface area (Å²) in [6, 6.07) is 7.24. The molecule has 1 aromatic rings. The van der Waals surface area contributed by atoms with Crippen LogP contribution in [0.25, 0.3) is 11.8 Å². The van der Waals surface area contributed by atoms with Crippen molar-refractivity contribution in [1.82, 2.24) is 0 Å². The Labute approximate surface area is 74.7 Å². The summed E-state index contributed by atoms with van der Waals surface area (Å²) in [5.41, 5.74) is 1.68. The molecule has 68 valence electrons. The maximum absolute atomic E-state index is 10.5. The molecule has 1 aliphatic rings. The molecule has 2 N–H and O–H groups in total. The van der Waals surface area contributed by atoms with Crippen molar-refractivity contribution in [2.45, 2.75) is 0 Å². The van der Waals surface area contributed by atoms with Gasteiger partial charge in [-0.25, -0.2) is 4.57 Å². The van der Waals surface area contributed by atoms with E-state index in [0.29, 0.717) is 0 Å². The fraction of sp³-hybridized carbons (Fsp3) is 0. The van der Waals surface area contributed by atoms with Crippen LogP contribution >= 0.6 is 7.82 Å². The molecule has 0 fully saturated rings. The van der Waals surface area contributed by atoms with Gasteiger partial charge in [-0.2, -0.15) is 0 Å². The van der Waals surface area contributed by atoms with Crippen molar-refractivity contribution < 1.29 is 18.9 Å². The van der Waals surface area contributed by atoms with E-state index in [1.54, 1.807) is 18.2 Å². The van der Waals surface area contributed by atoms with E-state index in [-0.39, 0.29) is 5.76 Å². The SMILES string of the molecule is O=P(O)(O)OC1=Cc2ccccc21. The summed E-state index contributed by atoms with van der Waals surface area (Å²) in [5, 5.41) is 0. The van der Waals surface area contributed by atoms with E-state index >= 15 is 0 Å². The molecule has 0 saturated carbocycles. The highest BCUT2D eigenvalue weighted by atomic mass is 31.2. The van der Waals surface area contributed by atoms with Crippen LogP contribution in [0.15, 0.2) is 24.3 Å². The average Bonchev–Trinajstić information content (AvgIpc) is 1.99. The van der Waals surface area contributed by atoms with Crippen molar-refractivity contribution in [2.24, 2.45) is 0 Å². The second-order valence-electron chi connectivity index (χ2n) is 2.68. The molecular weight excluding hydrogens is 191 g/mol. The highest BCUT2D eigenvalue weighted by Gasteiger charge is 2.24. The Morgan fingerprint density at radius 3 is 2.54 bits per heavy atom. The molecule has 13 heavy (non-hydrogen) atoms. The zero-order valence-electron chi connectivity index (χ0n) is 6.54. The molecule has 0 bridgehead atoms. The second kappa shape index (κ2) is 2.70. The van der Waals surface area contributed by atoms with Crippen molar-refractivity contribution in [3.8, 4) is 0 Å². The van der Waals surface area contributed by atoms with Gasteiger partial charge in [0.2, 0.25) is 0 Å². The Bertz CT molecular complexity index is 418. The highest BCUT2D eigenvalue weighted by molar-refractivity contribution is 7.46. The van der Waals surface area contributed by atoms with E-state index in [2.05, 4.69) is 4.52 Å². The molecule has 0 unspecified atom stereocenters. The predicted molar refractivity (Wildman–Crippen MR) is 47.4 cm³/mol. The minimum absolute atomic E-state index is 0.254. The fourth-order valence-corrected chi connectivity index (χ4v) is 1.60. The first kappa shape index (κ1) is 8.51. The van der Waals surface area contributed by atoms with Crippen LogP contribution in [0.3, 0.4) is 0 Å². The fourth-order valence-electron chi connectivity index (χ4n) is 1.19. The van der Waals surface area contributed by atoms with Gasteiger partial charge < -0.3 is 4.52 Å². The normalized spacial score (nSPS) is 14.2. The maximum Gasteiger partial charge on any atom is 0.524 e. The quantitative estimate of drug-likeness (QED) is 0.708. The number of hydrogen-bond acceptors (Lipinski definition) is 2. The molecule has 0 radical (unpaired) electrons. The van der Waals surface area contributed by atoms with Gasteiger partial charge in [-0.1, -0.05) is 24.3 Å². The van der Waals surface area contributed by atoms with E-state index in [9.17, 15) is 4.57 Å². The Kier molecular flexibility index (Phi) is 1.77. The maximum atomic E-state index is 10.5. The van der Waals surface area contributed by atoms with Crippen molar-refractivity contribution >= 4 is 19.7 Å². The van der Waals surface area contributed by atoms with E-state index in [0.717, 1.165) is 11.1 Å². The smallest absolute Gasteiger partial charge is 0.404 e. The molecule has 0 amide bonds. The molecule has 5 heteroatoms. The molecule has 0 spiro atoms. The van der Waals surface area contributed by atoms with E-state index in [1.165, 1.54) is 0 Å². The first-order valence-electron chi connectivity index (χ1n) is 3.62. The standard InChI is InChI=1S/C8H7O4P/c9-13(10,11)12-8-5-6-3-1-2-4-7(6)8/h1-5H,(H2,9,10,11). The average molecular weight is 198 g/mol. The first-order chi connectivity index (χ1) is 6.06. The van der Waals surface area contributed by atoms with Crippen LogP contribution in [0, 0.1) is 0 Å². The van der Waals surface area contributed by atoms with Crippen molar-refractivity contribution in [2.75, 3.05) is 0 Å². The summed E-state index contributed by atoms with van der Waals surface area (Å²) in [6.07, 6.45) is 1.59. The minimum Gasteiger partial charge on any atom is -0.404 e. The van der Waals surface area contributed by atoms with Crippen LogP contribution in [0.2, 0.25) is 0 Å². The van der Waals surface area contributed by atoms with Gasteiger partial charge in [0.05, 0.1) is 0 Å². The van der Waals surface area contributed by atoms with Gasteiger partial charge in [-0.3, -0.25) is 9.79 Å². The lowest BCUT2D eigenvalue weighted by Crippen LogP contribution is -2.00. The van der Waals surface area contributed by atoms with E-state index < -0.39 is 7.82 Å². The Hall–Kier alpha value is -1.09.